The summed E-state index contributed by atoms with van der Waals surface area (Å²) in [5.74, 6) is -14.3. The van der Waals surface area contributed by atoms with Crippen molar-refractivity contribution >= 4 is 35.6 Å². The highest BCUT2D eigenvalue weighted by Crippen LogP contribution is 2.43. The second kappa shape index (κ2) is 58.0. The maximum Gasteiger partial charge on any atom is 0.364 e. The fraction of sp³-hybridized carbons (Fsp3) is 0.907. The number of carbonyl (C=O) groups is 6. The number of hydrogen-bond acceptors (Lipinski definition) is 37. The minimum Gasteiger partial charge on any atom is -0.477 e. The third kappa shape index (κ3) is 33.6. The summed E-state index contributed by atoms with van der Waals surface area (Å²) in [4.78, 5) is 79.3. The van der Waals surface area contributed by atoms with Crippen molar-refractivity contribution in [1.29, 1.82) is 0 Å². The van der Waals surface area contributed by atoms with Gasteiger partial charge in [-0.1, -0.05) is 193 Å². The Morgan fingerprint density at radius 2 is 0.760 bits per heavy atom. The number of aliphatic hydroxyl groups is 19. The van der Waals surface area contributed by atoms with Gasteiger partial charge in [0, 0.05) is 40.0 Å². The van der Waals surface area contributed by atoms with Crippen molar-refractivity contribution in [2.75, 3.05) is 46.2 Å². The Morgan fingerprint density at radius 3 is 1.19 bits per heavy atom. The molecule has 0 spiro atoms. The van der Waals surface area contributed by atoms with Crippen LogP contribution in [0.1, 0.15) is 240 Å². The minimum absolute atomic E-state index is 0.0980. The SMILES string of the molecule is CCCCCCCCCCCCCCCC=C[C@@H](O)[C@H](COC1OC(CO)C(OC2OC(CO)C(OC3OC(CO)C(O)C(OC4OC(CO)C(OC5(C(=O)O)CC(O)[C@@H](NC(C)=O)C([C@@H](O)[C@@H](O)CO)O5)C(O)C4O)C3NC(C)=O)C(OC3(C(=O)O)CC(O)[C@@H](NC(C)=O)C([C@@H](O)[C@@H](O)CO)O3)C2O)C(O)C1O)NC(=O)CCCCCCCCCCCCCCCCC. The van der Waals surface area contributed by atoms with Crippen LogP contribution in [0.2, 0.25) is 0 Å². The molecule has 43 nitrogen and oxygen atoms in total. The monoisotopic (exact) mass is 1870 g/mol. The van der Waals surface area contributed by atoms with Crippen molar-refractivity contribution in [2.24, 2.45) is 0 Å². The number of allylic oxidation sites excluding steroid dienone is 1. The molecule has 0 aromatic carbocycles. The van der Waals surface area contributed by atoms with Crippen LogP contribution in [0.5, 0.6) is 0 Å². The first kappa shape index (κ1) is 113. The number of amides is 4. The minimum atomic E-state index is -3.49. The summed E-state index contributed by atoms with van der Waals surface area (Å²) in [7, 11) is 0. The molecular weight excluding hydrogens is 1710 g/mol. The molecule has 6 saturated heterocycles. The van der Waals surface area contributed by atoms with Gasteiger partial charge in [-0.2, -0.15) is 0 Å². The van der Waals surface area contributed by atoms with Gasteiger partial charge in [-0.05, 0) is 19.3 Å². The Morgan fingerprint density at radius 1 is 0.403 bits per heavy atom. The maximum atomic E-state index is 14.0. The zero-order valence-corrected chi connectivity index (χ0v) is 74.9. The molecule has 26 unspecified atom stereocenters. The summed E-state index contributed by atoms with van der Waals surface area (Å²) in [6, 6.07) is -6.86. The molecule has 0 bridgehead atoms. The molecule has 6 aliphatic heterocycles. The zero-order chi connectivity index (χ0) is 95.2. The van der Waals surface area contributed by atoms with E-state index in [1.54, 1.807) is 6.08 Å². The first-order valence-corrected chi connectivity index (χ1v) is 46.2. The van der Waals surface area contributed by atoms with Crippen LogP contribution in [0.15, 0.2) is 12.2 Å². The molecule has 6 fully saturated rings. The average molecular weight is 1870 g/mol. The zero-order valence-electron chi connectivity index (χ0n) is 74.9. The van der Waals surface area contributed by atoms with E-state index in [2.05, 4.69) is 35.1 Å². The van der Waals surface area contributed by atoms with E-state index in [1.165, 1.54) is 115 Å². The van der Waals surface area contributed by atoms with Crippen LogP contribution in [0, 0.1) is 0 Å². The number of aliphatic carboxylic acids is 2. The van der Waals surface area contributed by atoms with Gasteiger partial charge in [0.15, 0.2) is 25.2 Å². The number of hydrogen-bond donors (Lipinski definition) is 25. The van der Waals surface area contributed by atoms with E-state index in [0.717, 1.165) is 85.0 Å². The lowest BCUT2D eigenvalue weighted by Crippen LogP contribution is -2.72. The largest absolute Gasteiger partial charge is 0.477 e. The highest BCUT2D eigenvalue weighted by atomic mass is 16.8. The Kier molecular flexibility index (Phi) is 50.9. The molecule has 34 atom stereocenters. The van der Waals surface area contributed by atoms with Crippen molar-refractivity contribution < 1.29 is 193 Å². The number of unbranched alkanes of at least 4 members (excludes halogenated alkanes) is 27. The molecule has 43 heteroatoms. The second-order valence-corrected chi connectivity index (χ2v) is 35.0. The predicted molar refractivity (Wildman–Crippen MR) is 449 cm³/mol. The third-order valence-electron chi connectivity index (χ3n) is 24.6. The summed E-state index contributed by atoms with van der Waals surface area (Å²) in [5, 5.41) is 247. The van der Waals surface area contributed by atoms with Gasteiger partial charge in [-0.25, -0.2) is 9.59 Å². The summed E-state index contributed by atoms with van der Waals surface area (Å²) < 4.78 is 72.4. The summed E-state index contributed by atoms with van der Waals surface area (Å²) in [5.41, 5.74) is 0. The average Bonchev–Trinajstić information content (AvgIpc) is 0.748. The van der Waals surface area contributed by atoms with Crippen molar-refractivity contribution in [3.63, 3.8) is 0 Å². The van der Waals surface area contributed by atoms with Crippen LogP contribution in [-0.4, -0.2) is 396 Å². The smallest absolute Gasteiger partial charge is 0.364 e. The van der Waals surface area contributed by atoms with Crippen LogP contribution in [-0.2, 0) is 85.6 Å². The van der Waals surface area contributed by atoms with Gasteiger partial charge in [0.05, 0.1) is 82.7 Å². The number of carboxylic acids is 2. The molecule has 129 heavy (non-hydrogen) atoms. The first-order chi connectivity index (χ1) is 61.6. The number of ether oxygens (including phenoxy) is 12. The lowest BCUT2D eigenvalue weighted by molar-refractivity contribution is -0.404. The van der Waals surface area contributed by atoms with E-state index in [4.69, 9.17) is 56.8 Å². The molecule has 25 N–H and O–H groups in total. The van der Waals surface area contributed by atoms with E-state index >= 15 is 0 Å². The number of carboxylic acid groups (broad SMARTS) is 2. The Hall–Kier alpha value is -4.68. The molecule has 6 aliphatic rings. The molecule has 4 amide bonds. The van der Waals surface area contributed by atoms with Crippen LogP contribution in [0.4, 0.5) is 0 Å². The first-order valence-electron chi connectivity index (χ1n) is 46.2. The molecule has 0 saturated carbocycles. The Labute approximate surface area is 752 Å². The van der Waals surface area contributed by atoms with Crippen molar-refractivity contribution in [3.8, 4) is 0 Å². The number of rotatable bonds is 61. The van der Waals surface area contributed by atoms with E-state index in [-0.39, 0.29) is 6.42 Å². The van der Waals surface area contributed by atoms with Crippen LogP contribution in [0.3, 0.4) is 0 Å². The van der Waals surface area contributed by atoms with E-state index in [0.29, 0.717) is 12.8 Å². The van der Waals surface area contributed by atoms with E-state index < -0.39 is 302 Å². The number of nitrogens with one attached hydrogen (secondary N) is 4. The Balaban J connectivity index is 1.27. The van der Waals surface area contributed by atoms with Crippen LogP contribution in [0.25, 0.3) is 0 Å². The lowest BCUT2D eigenvalue weighted by Gasteiger charge is -2.53. The molecular formula is C86H152N4O39. The summed E-state index contributed by atoms with van der Waals surface area (Å²) in [6.45, 7) is -0.771. The van der Waals surface area contributed by atoms with Crippen molar-refractivity contribution in [2.45, 2.75) is 447 Å². The van der Waals surface area contributed by atoms with Gasteiger partial charge in [0.2, 0.25) is 23.6 Å². The van der Waals surface area contributed by atoms with Gasteiger partial charge in [-0.3, -0.25) is 19.2 Å². The molecule has 6 rings (SSSR count). The molecule has 0 aliphatic carbocycles. The third-order valence-corrected chi connectivity index (χ3v) is 24.6. The maximum absolute atomic E-state index is 14.0. The van der Waals surface area contributed by atoms with Crippen LogP contribution >= 0.6 is 0 Å². The summed E-state index contributed by atoms with van der Waals surface area (Å²) in [6.07, 6.45) is -29.0. The summed E-state index contributed by atoms with van der Waals surface area (Å²) >= 11 is 0. The van der Waals surface area contributed by atoms with E-state index in [9.17, 15) is 136 Å². The molecule has 750 valence electrons. The van der Waals surface area contributed by atoms with E-state index in [1.807, 2.05) is 0 Å². The van der Waals surface area contributed by atoms with Crippen molar-refractivity contribution in [3.05, 3.63) is 12.2 Å². The lowest BCUT2D eigenvalue weighted by atomic mass is 9.88. The van der Waals surface area contributed by atoms with Crippen molar-refractivity contribution in [1.82, 2.24) is 21.3 Å². The fourth-order valence-corrected chi connectivity index (χ4v) is 17.3. The van der Waals surface area contributed by atoms with Crippen LogP contribution < -0.4 is 21.3 Å². The van der Waals surface area contributed by atoms with Gasteiger partial charge >= 0.3 is 11.9 Å². The molecule has 0 aromatic heterocycles. The number of aliphatic hydroxyl groups excluding tert-OH is 19. The second-order valence-electron chi connectivity index (χ2n) is 35.0. The van der Waals surface area contributed by atoms with Gasteiger partial charge in [-0.15, -0.1) is 0 Å². The highest BCUT2D eigenvalue weighted by molar-refractivity contribution is 5.78. The van der Waals surface area contributed by atoms with Gasteiger partial charge < -0.3 is 185 Å². The quantitative estimate of drug-likeness (QED) is 0.0212. The fourth-order valence-electron chi connectivity index (χ4n) is 17.3. The topological polar surface area (TPSA) is 686 Å². The highest BCUT2D eigenvalue weighted by Gasteiger charge is 2.64. The normalized spacial score (nSPS) is 34.8. The number of carbonyl (C=O) groups excluding carboxylic acids is 4. The van der Waals surface area contributed by atoms with Gasteiger partial charge in [0.1, 0.15) is 134 Å². The Bertz CT molecular complexity index is 3240. The van der Waals surface area contributed by atoms with Gasteiger partial charge in [0.25, 0.3) is 11.6 Å². The molecule has 0 aromatic rings. The molecule has 6 heterocycles. The predicted octanol–water partition coefficient (Wildman–Crippen LogP) is -3.09. The standard InChI is InChI=1S/C86H152N4O39/c1-6-8-10-12-14-16-18-20-22-24-26-28-30-32-34-36-51(100)50(90-60(105)37-35-33-31-29-27-25-23-21-19-17-15-13-11-9-7-2)46-118-80-69(111)67(109)72(57(43-94)120-80)123-82-71(113)78(129-86(84(116)117)39-53(102)62(88-48(4)98)77(128-86)65(107)55(104)41-92)74(59(45-96)122-82)124-79-63(89-49(5)99)75(66(108)56(42-93)119-79)125-81-70(112)68(110)73(58(44-95)121-81)126-85(83(114)115)38-52(101)61(87-47(3)97)76(127-85)64(106)54(103)40-91/h34,36,50-59,61-82,91-96,100-104,106-113H,6-33,35,37-46H2,1-5H3,(H,87,97)(H,88,98)(H,89,99)(H,90,105)(H,114,115)(H,116,117)/t50-,51+,52?,53?,54-,55-,56?,57?,58?,59?,61+,62+,63?,64-,65-,66?,67?,68?,69?,70?,71?,72?,73?,74?,75?,76?,77?,78?,79?,80?,81?,82?,85?,86?/m0/s1. The molecule has 0 radical (unpaired) electrons.